The number of aliphatic hydroxyl groups excluding tert-OH is 1. The molecule has 0 heterocycles. The fraction of sp³-hybridized carbons (Fsp3) is 0.706. The van der Waals surface area contributed by atoms with E-state index >= 15 is 0 Å². The van der Waals surface area contributed by atoms with Gasteiger partial charge in [-0.15, -0.1) is 0 Å². The van der Waals surface area contributed by atoms with Gasteiger partial charge >= 0.3 is 11.9 Å². The van der Waals surface area contributed by atoms with Crippen molar-refractivity contribution in [3.63, 3.8) is 0 Å². The van der Waals surface area contributed by atoms with Crippen LogP contribution in [0, 0.1) is 0 Å². The molecule has 0 saturated heterocycles. The summed E-state index contributed by atoms with van der Waals surface area (Å²) in [6, 6.07) is -5.51. The van der Waals surface area contributed by atoms with Gasteiger partial charge in [0.1, 0.15) is 12.1 Å². The molecular weight excluding hydrogens is 434 g/mol. The van der Waals surface area contributed by atoms with Gasteiger partial charge in [0.25, 0.3) is 0 Å². The van der Waals surface area contributed by atoms with Crippen molar-refractivity contribution in [2.24, 2.45) is 11.5 Å². The van der Waals surface area contributed by atoms with E-state index in [1.165, 1.54) is 0 Å². The summed E-state index contributed by atoms with van der Waals surface area (Å²) in [6.07, 6.45) is -0.724. The molecule has 0 aliphatic rings. The van der Waals surface area contributed by atoms with Crippen molar-refractivity contribution in [1.29, 1.82) is 0 Å². The maximum atomic E-state index is 12.5. The van der Waals surface area contributed by atoms with Crippen molar-refractivity contribution < 1.29 is 39.3 Å². The van der Waals surface area contributed by atoms with Crippen LogP contribution in [0.25, 0.3) is 0 Å². The molecule has 14 heteroatoms. The molecule has 0 fully saturated rings. The van der Waals surface area contributed by atoms with Crippen molar-refractivity contribution in [3.05, 3.63) is 0 Å². The highest BCUT2D eigenvalue weighted by molar-refractivity contribution is 7.80. The topological polar surface area (TPSA) is 234 Å². The quantitative estimate of drug-likeness (QED) is 0.0865. The first-order valence-corrected chi connectivity index (χ1v) is 10.2. The summed E-state index contributed by atoms with van der Waals surface area (Å²) >= 11 is 3.98. The second kappa shape index (κ2) is 14.6. The molecule has 0 spiro atoms. The highest BCUT2D eigenvalue weighted by atomic mass is 32.1. The summed E-state index contributed by atoms with van der Waals surface area (Å²) in [7, 11) is 0. The first-order valence-electron chi connectivity index (χ1n) is 9.54. The van der Waals surface area contributed by atoms with Crippen LogP contribution in [0.2, 0.25) is 0 Å². The van der Waals surface area contributed by atoms with E-state index in [1.54, 1.807) is 0 Å². The first-order chi connectivity index (χ1) is 14.4. The molecule has 5 atom stereocenters. The Morgan fingerprint density at radius 1 is 0.935 bits per heavy atom. The van der Waals surface area contributed by atoms with Gasteiger partial charge in [-0.25, -0.2) is 4.79 Å². The second-order valence-corrected chi connectivity index (χ2v) is 7.22. The van der Waals surface area contributed by atoms with Crippen molar-refractivity contribution >= 4 is 42.3 Å². The Labute approximate surface area is 184 Å². The molecule has 178 valence electrons. The van der Waals surface area contributed by atoms with Crippen molar-refractivity contribution in [2.75, 3.05) is 12.3 Å². The maximum Gasteiger partial charge on any atom is 0.328 e. The smallest absolute Gasteiger partial charge is 0.328 e. The third-order valence-corrected chi connectivity index (χ3v) is 4.54. The zero-order chi connectivity index (χ0) is 24.1. The number of thiol groups is 1. The molecule has 0 aromatic heterocycles. The van der Waals surface area contributed by atoms with Gasteiger partial charge in [-0.2, -0.15) is 12.6 Å². The largest absolute Gasteiger partial charge is 0.481 e. The van der Waals surface area contributed by atoms with E-state index in [1.807, 2.05) is 5.32 Å². The van der Waals surface area contributed by atoms with Crippen molar-refractivity contribution in [2.45, 2.75) is 62.9 Å². The number of amides is 3. The van der Waals surface area contributed by atoms with Gasteiger partial charge in [0.2, 0.25) is 17.7 Å². The second-order valence-electron chi connectivity index (χ2n) is 6.86. The minimum atomic E-state index is -1.72. The molecule has 3 amide bonds. The van der Waals surface area contributed by atoms with Crippen LogP contribution in [-0.4, -0.2) is 87.5 Å². The lowest BCUT2D eigenvalue weighted by Gasteiger charge is -2.24. The summed E-state index contributed by atoms with van der Waals surface area (Å²) in [5.41, 5.74) is 11.1. The summed E-state index contributed by atoms with van der Waals surface area (Å²) in [6.45, 7) is 1.56. The molecule has 0 aromatic carbocycles. The van der Waals surface area contributed by atoms with E-state index in [4.69, 9.17) is 21.7 Å². The number of carbonyl (C=O) groups is 5. The predicted molar refractivity (Wildman–Crippen MR) is 112 cm³/mol. The fourth-order valence-electron chi connectivity index (χ4n) is 2.41. The van der Waals surface area contributed by atoms with Crippen LogP contribution in [0.3, 0.4) is 0 Å². The molecule has 0 bridgehead atoms. The zero-order valence-electron chi connectivity index (χ0n) is 17.1. The van der Waals surface area contributed by atoms with E-state index in [9.17, 15) is 29.1 Å². The summed E-state index contributed by atoms with van der Waals surface area (Å²) in [4.78, 5) is 59.1. The Morgan fingerprint density at radius 2 is 1.48 bits per heavy atom. The minimum Gasteiger partial charge on any atom is -0.481 e. The number of carbonyl (C=O) groups excluding carboxylic acids is 3. The SMILES string of the molecule is CC(O)C(NC(=O)C(CC(=O)O)NC(=O)C(CS)NC(=O)C(N)CCCCN)C(=O)O. The molecule has 0 aliphatic carbocycles. The average molecular weight is 466 g/mol. The Morgan fingerprint density at radius 3 is 1.94 bits per heavy atom. The molecular formula is C17H31N5O8S. The number of carboxylic acids is 2. The monoisotopic (exact) mass is 465 g/mol. The van der Waals surface area contributed by atoms with E-state index in [-0.39, 0.29) is 5.75 Å². The molecule has 5 unspecified atom stereocenters. The molecule has 0 aromatic rings. The third kappa shape index (κ3) is 11.0. The van der Waals surface area contributed by atoms with Crippen LogP contribution in [0.1, 0.15) is 32.6 Å². The van der Waals surface area contributed by atoms with Gasteiger partial charge in [0.15, 0.2) is 6.04 Å². The third-order valence-electron chi connectivity index (χ3n) is 4.18. The van der Waals surface area contributed by atoms with E-state index < -0.39 is 66.4 Å². The van der Waals surface area contributed by atoms with E-state index in [0.29, 0.717) is 25.8 Å². The standard InChI is InChI=1S/C17H31N5O8S/c1-8(23)13(17(29)30)22-15(27)10(6-12(24)25)20-16(28)11(7-31)21-14(26)9(19)4-2-3-5-18/h8-11,13,23,31H,2-7,18-19H2,1H3,(H,20,28)(H,21,26)(H,22,27)(H,24,25)(H,29,30). The van der Waals surface area contributed by atoms with Crippen LogP contribution in [0.4, 0.5) is 0 Å². The summed E-state index contributed by atoms with van der Waals surface area (Å²) in [5, 5.41) is 34.0. The number of rotatable bonds is 15. The normalized spacial score (nSPS) is 15.6. The zero-order valence-corrected chi connectivity index (χ0v) is 18.0. The number of aliphatic hydroxyl groups is 1. The van der Waals surface area contributed by atoms with Crippen LogP contribution in [0.5, 0.6) is 0 Å². The lowest BCUT2D eigenvalue weighted by molar-refractivity contribution is -0.146. The Bertz CT molecular complexity index is 648. The molecule has 13 nitrogen and oxygen atoms in total. The highest BCUT2D eigenvalue weighted by Crippen LogP contribution is 2.02. The number of nitrogens with one attached hydrogen (secondary N) is 3. The van der Waals surface area contributed by atoms with Gasteiger partial charge in [-0.3, -0.25) is 19.2 Å². The van der Waals surface area contributed by atoms with E-state index in [0.717, 1.165) is 6.92 Å². The molecule has 31 heavy (non-hydrogen) atoms. The molecule has 10 N–H and O–H groups in total. The Balaban J connectivity index is 5.17. The number of hydrogen-bond acceptors (Lipinski definition) is 9. The fourth-order valence-corrected chi connectivity index (χ4v) is 2.67. The van der Waals surface area contributed by atoms with Gasteiger partial charge in [-0.1, -0.05) is 6.42 Å². The summed E-state index contributed by atoms with van der Waals surface area (Å²) < 4.78 is 0. The number of aliphatic carboxylic acids is 2. The van der Waals surface area contributed by atoms with Crippen LogP contribution >= 0.6 is 12.6 Å². The van der Waals surface area contributed by atoms with Gasteiger partial charge in [0.05, 0.1) is 18.6 Å². The van der Waals surface area contributed by atoms with Crippen molar-refractivity contribution in [3.8, 4) is 0 Å². The van der Waals surface area contributed by atoms with Gasteiger partial charge < -0.3 is 42.7 Å². The van der Waals surface area contributed by atoms with Crippen LogP contribution in [0.15, 0.2) is 0 Å². The highest BCUT2D eigenvalue weighted by Gasteiger charge is 2.32. The minimum absolute atomic E-state index is 0.181. The Kier molecular flexibility index (Phi) is 13.4. The number of carboxylic acid groups (broad SMARTS) is 2. The first kappa shape index (κ1) is 28.6. The number of hydrogen-bond donors (Lipinski definition) is 9. The lowest BCUT2D eigenvalue weighted by atomic mass is 10.1. The average Bonchev–Trinajstić information content (AvgIpc) is 2.68. The molecule has 0 aliphatic heterocycles. The maximum absolute atomic E-state index is 12.5. The van der Waals surface area contributed by atoms with Crippen LogP contribution < -0.4 is 27.4 Å². The predicted octanol–water partition coefficient (Wildman–Crippen LogP) is -3.23. The molecule has 0 saturated carbocycles. The number of nitrogens with two attached hydrogens (primary N) is 2. The number of unbranched alkanes of at least 4 members (excludes halogenated alkanes) is 1. The van der Waals surface area contributed by atoms with Crippen LogP contribution in [-0.2, 0) is 24.0 Å². The lowest BCUT2D eigenvalue weighted by Crippen LogP contribution is -2.59. The Hall–Kier alpha value is -2.42. The summed E-state index contributed by atoms with van der Waals surface area (Å²) in [5.74, 6) is -5.86. The van der Waals surface area contributed by atoms with Crippen molar-refractivity contribution in [1.82, 2.24) is 16.0 Å². The molecule has 0 radical (unpaired) electrons. The van der Waals surface area contributed by atoms with E-state index in [2.05, 4.69) is 23.3 Å². The van der Waals surface area contributed by atoms with Gasteiger partial charge in [0, 0.05) is 5.75 Å². The van der Waals surface area contributed by atoms with Gasteiger partial charge in [-0.05, 0) is 26.3 Å². The molecule has 0 rings (SSSR count).